The molecule has 0 aromatic heterocycles. The molecular formula is C21H25F3N4O3. The Morgan fingerprint density at radius 1 is 1.06 bits per heavy atom. The molecule has 0 radical (unpaired) electrons. The summed E-state index contributed by atoms with van der Waals surface area (Å²) in [5.74, 6) is 0.189. The number of rotatable bonds is 7. The first-order valence-corrected chi connectivity index (χ1v) is 9.35. The van der Waals surface area contributed by atoms with E-state index in [-0.39, 0.29) is 18.3 Å². The fraction of sp³-hybridized carbons (Fsp3) is 0.333. The van der Waals surface area contributed by atoms with Crippen molar-refractivity contribution in [2.24, 2.45) is 0 Å². The molecule has 31 heavy (non-hydrogen) atoms. The normalized spacial score (nSPS) is 12.3. The summed E-state index contributed by atoms with van der Waals surface area (Å²) in [6.45, 7) is 1.35. The van der Waals surface area contributed by atoms with Crippen LogP contribution in [0.25, 0.3) is 0 Å². The van der Waals surface area contributed by atoms with Gasteiger partial charge in [0.2, 0.25) is 5.91 Å². The number of likely N-dealkylation sites (N-methyl/N-ethyl adjacent to an activating group) is 1. The van der Waals surface area contributed by atoms with Crippen LogP contribution in [0.1, 0.15) is 24.1 Å². The number of urea groups is 1. The minimum atomic E-state index is -4.72. The van der Waals surface area contributed by atoms with Crippen LogP contribution in [0.15, 0.2) is 42.5 Å². The average Bonchev–Trinajstić information content (AvgIpc) is 2.68. The lowest BCUT2D eigenvalue weighted by molar-refractivity contribution is -0.137. The number of alkyl halides is 3. The summed E-state index contributed by atoms with van der Waals surface area (Å²) in [6, 6.07) is 9.45. The summed E-state index contributed by atoms with van der Waals surface area (Å²) in [5, 5.41) is 7.14. The third kappa shape index (κ3) is 6.88. The van der Waals surface area contributed by atoms with Crippen LogP contribution in [0.4, 0.5) is 29.3 Å². The van der Waals surface area contributed by atoms with Crippen LogP contribution >= 0.6 is 0 Å². The first-order chi connectivity index (χ1) is 14.5. The van der Waals surface area contributed by atoms with E-state index in [1.165, 1.54) is 13.0 Å². The van der Waals surface area contributed by atoms with Crippen LogP contribution in [-0.2, 0) is 11.0 Å². The highest BCUT2D eigenvalue weighted by Crippen LogP contribution is 2.36. The smallest absolute Gasteiger partial charge is 0.418 e. The average molecular weight is 438 g/mol. The first-order valence-electron chi connectivity index (χ1n) is 9.35. The van der Waals surface area contributed by atoms with Crippen molar-refractivity contribution in [3.63, 3.8) is 0 Å². The molecule has 0 aliphatic heterocycles. The Bertz CT molecular complexity index is 915. The number of benzene rings is 2. The van der Waals surface area contributed by atoms with E-state index < -0.39 is 29.4 Å². The van der Waals surface area contributed by atoms with Gasteiger partial charge in [-0.2, -0.15) is 13.2 Å². The Morgan fingerprint density at radius 2 is 1.71 bits per heavy atom. The molecule has 2 rings (SSSR count). The molecule has 1 atom stereocenters. The topological polar surface area (TPSA) is 82.7 Å². The SMILES string of the molecule is COc1ccc(C(CNC(=O)Nc2ccc(NC(C)=O)cc2C(F)(F)F)N(C)C)cc1. The van der Waals surface area contributed by atoms with Gasteiger partial charge in [0.05, 0.1) is 24.4 Å². The standard InChI is InChI=1S/C21H25F3N4O3/c1-13(29)26-15-7-10-18(17(11-15)21(22,23)24)27-20(30)25-12-19(28(2)3)14-5-8-16(31-4)9-6-14/h5-11,19H,12H2,1-4H3,(H,26,29)(H2,25,27,30). The molecule has 2 aromatic carbocycles. The molecule has 168 valence electrons. The Hall–Kier alpha value is -3.27. The largest absolute Gasteiger partial charge is 0.497 e. The predicted octanol–water partition coefficient (Wildman–Crippen LogP) is 4.10. The van der Waals surface area contributed by atoms with Gasteiger partial charge in [-0.3, -0.25) is 4.79 Å². The van der Waals surface area contributed by atoms with Gasteiger partial charge >= 0.3 is 12.2 Å². The summed E-state index contributed by atoms with van der Waals surface area (Å²) in [7, 11) is 5.22. The van der Waals surface area contributed by atoms with E-state index >= 15 is 0 Å². The van der Waals surface area contributed by atoms with Crippen LogP contribution in [-0.4, -0.2) is 44.6 Å². The highest BCUT2D eigenvalue weighted by molar-refractivity contribution is 5.92. The van der Waals surface area contributed by atoms with E-state index in [1.54, 1.807) is 19.2 Å². The van der Waals surface area contributed by atoms with Crippen LogP contribution in [0.2, 0.25) is 0 Å². The summed E-state index contributed by atoms with van der Waals surface area (Å²) in [6.07, 6.45) is -4.72. The van der Waals surface area contributed by atoms with Crippen molar-refractivity contribution < 1.29 is 27.5 Å². The van der Waals surface area contributed by atoms with E-state index in [0.717, 1.165) is 17.7 Å². The van der Waals surface area contributed by atoms with Crippen LogP contribution in [0.3, 0.4) is 0 Å². The molecule has 0 spiro atoms. The minimum absolute atomic E-state index is 0.0158. The first kappa shape index (κ1) is 24.0. The molecule has 3 amide bonds. The van der Waals surface area contributed by atoms with Crippen LogP contribution in [0.5, 0.6) is 5.75 Å². The van der Waals surface area contributed by atoms with Crippen molar-refractivity contribution in [1.29, 1.82) is 0 Å². The second kappa shape index (κ2) is 10.2. The van der Waals surface area contributed by atoms with Gasteiger partial charge in [0.15, 0.2) is 0 Å². The zero-order valence-electron chi connectivity index (χ0n) is 17.6. The molecule has 0 aliphatic carbocycles. The molecule has 2 aromatic rings. The van der Waals surface area contributed by atoms with Gasteiger partial charge in [-0.15, -0.1) is 0 Å². The lowest BCUT2D eigenvalue weighted by Crippen LogP contribution is -2.37. The van der Waals surface area contributed by atoms with E-state index in [0.29, 0.717) is 5.75 Å². The van der Waals surface area contributed by atoms with E-state index in [9.17, 15) is 22.8 Å². The summed E-state index contributed by atoms with van der Waals surface area (Å²) >= 11 is 0. The Balaban J connectivity index is 2.12. The lowest BCUT2D eigenvalue weighted by Gasteiger charge is -2.25. The molecule has 10 heteroatoms. The highest BCUT2D eigenvalue weighted by atomic mass is 19.4. The molecule has 1 unspecified atom stereocenters. The zero-order chi connectivity index (χ0) is 23.2. The number of methoxy groups -OCH3 is 1. The Labute approximate surface area is 178 Å². The number of hydrogen-bond acceptors (Lipinski definition) is 4. The number of nitrogens with one attached hydrogen (secondary N) is 3. The molecule has 0 heterocycles. The van der Waals surface area contributed by atoms with Gasteiger partial charge < -0.3 is 25.6 Å². The predicted molar refractivity (Wildman–Crippen MR) is 112 cm³/mol. The maximum atomic E-state index is 13.4. The summed E-state index contributed by atoms with van der Waals surface area (Å²) in [5.41, 5.74) is -0.585. The quantitative estimate of drug-likeness (QED) is 0.608. The number of halogens is 3. The molecule has 0 bridgehead atoms. The van der Waals surface area contributed by atoms with Gasteiger partial charge in [-0.1, -0.05) is 12.1 Å². The van der Waals surface area contributed by atoms with Gasteiger partial charge in [0.1, 0.15) is 5.75 Å². The van der Waals surface area contributed by atoms with Crippen molar-refractivity contribution in [2.45, 2.75) is 19.1 Å². The number of anilines is 2. The van der Waals surface area contributed by atoms with Gasteiger partial charge in [0, 0.05) is 19.2 Å². The maximum absolute atomic E-state index is 13.4. The second-order valence-electron chi connectivity index (χ2n) is 7.03. The van der Waals surface area contributed by atoms with E-state index in [1.807, 2.05) is 31.1 Å². The third-order valence-corrected chi connectivity index (χ3v) is 4.47. The number of amides is 3. The number of nitrogens with zero attached hydrogens (tertiary/aromatic N) is 1. The van der Waals surface area contributed by atoms with Crippen molar-refractivity contribution >= 4 is 23.3 Å². The molecule has 0 fully saturated rings. The van der Waals surface area contributed by atoms with Crippen LogP contribution in [0, 0.1) is 0 Å². The second-order valence-corrected chi connectivity index (χ2v) is 7.03. The molecule has 3 N–H and O–H groups in total. The zero-order valence-corrected chi connectivity index (χ0v) is 17.6. The van der Waals surface area contributed by atoms with Crippen molar-refractivity contribution in [1.82, 2.24) is 10.2 Å². The summed E-state index contributed by atoms with van der Waals surface area (Å²) in [4.78, 5) is 25.3. The Kier molecular flexibility index (Phi) is 7.87. The van der Waals surface area contributed by atoms with Gasteiger partial charge in [0.25, 0.3) is 0 Å². The number of carbonyl (C=O) groups is 2. The molecular weight excluding hydrogens is 413 g/mol. The monoisotopic (exact) mass is 438 g/mol. The molecule has 0 aliphatic rings. The van der Waals surface area contributed by atoms with E-state index in [2.05, 4.69) is 16.0 Å². The molecule has 0 saturated heterocycles. The Morgan fingerprint density at radius 3 is 2.23 bits per heavy atom. The molecule has 0 saturated carbocycles. The van der Waals surface area contributed by atoms with Crippen molar-refractivity contribution in [3.8, 4) is 5.75 Å². The number of hydrogen-bond donors (Lipinski definition) is 3. The highest BCUT2D eigenvalue weighted by Gasteiger charge is 2.34. The fourth-order valence-electron chi connectivity index (χ4n) is 2.95. The fourth-order valence-corrected chi connectivity index (χ4v) is 2.95. The molecule has 7 nitrogen and oxygen atoms in total. The number of ether oxygens (including phenoxy) is 1. The van der Waals surface area contributed by atoms with Gasteiger partial charge in [-0.05, 0) is 50.0 Å². The van der Waals surface area contributed by atoms with Crippen LogP contribution < -0.4 is 20.7 Å². The maximum Gasteiger partial charge on any atom is 0.418 e. The van der Waals surface area contributed by atoms with E-state index in [4.69, 9.17) is 4.74 Å². The van der Waals surface area contributed by atoms with Gasteiger partial charge in [-0.25, -0.2) is 4.79 Å². The summed E-state index contributed by atoms with van der Waals surface area (Å²) < 4.78 is 45.4. The number of carbonyl (C=O) groups excluding carboxylic acids is 2. The minimum Gasteiger partial charge on any atom is -0.497 e. The third-order valence-electron chi connectivity index (χ3n) is 4.47. The van der Waals surface area contributed by atoms with Crippen molar-refractivity contribution in [3.05, 3.63) is 53.6 Å². The lowest BCUT2D eigenvalue weighted by atomic mass is 10.1. The van der Waals surface area contributed by atoms with Crippen molar-refractivity contribution in [2.75, 3.05) is 38.4 Å².